The Balaban J connectivity index is 1.39. The van der Waals surface area contributed by atoms with E-state index in [2.05, 4.69) is 28.6 Å². The summed E-state index contributed by atoms with van der Waals surface area (Å²) in [5.41, 5.74) is 1.97. The number of piperidine rings is 1. The molecule has 5 heteroatoms. The maximum Gasteiger partial charge on any atom is 0.315 e. The van der Waals surface area contributed by atoms with Gasteiger partial charge in [0.15, 0.2) is 0 Å². The van der Waals surface area contributed by atoms with Gasteiger partial charge in [-0.2, -0.15) is 0 Å². The second kappa shape index (κ2) is 6.37. The zero-order valence-corrected chi connectivity index (χ0v) is 15.2. The van der Waals surface area contributed by atoms with Gasteiger partial charge in [-0.3, -0.25) is 0 Å². The maximum absolute atomic E-state index is 12.5. The summed E-state index contributed by atoms with van der Waals surface area (Å²) in [5.74, 6) is 0.833. The van der Waals surface area contributed by atoms with Crippen LogP contribution in [0, 0.1) is 6.92 Å². The first-order valence-corrected chi connectivity index (χ1v) is 9.30. The molecule has 0 radical (unpaired) electrons. The summed E-state index contributed by atoms with van der Waals surface area (Å²) < 4.78 is 5.96. The summed E-state index contributed by atoms with van der Waals surface area (Å²) >= 11 is 0. The lowest BCUT2D eigenvalue weighted by atomic mass is 9.98. The standard InChI is InChI=1S/C20H27N3O2/c1-12-17-6-4-5-7-18(17)25-19(12)13(2)21-20(24)22-14-10-15-8-9-16(11-14)23(15)3/h4-7,13-16H,8-11H2,1-3H3,(H2,21,22,24)/t13-,14?,15?,16?/m0/s1. The fourth-order valence-corrected chi connectivity index (χ4v) is 4.62. The van der Waals surface area contributed by atoms with Gasteiger partial charge < -0.3 is 20.0 Å². The summed E-state index contributed by atoms with van der Waals surface area (Å²) in [6, 6.07) is 9.26. The number of para-hydroxylation sites is 1. The van der Waals surface area contributed by atoms with Gasteiger partial charge in [0.05, 0.1) is 6.04 Å². The molecule has 2 aliphatic heterocycles. The third-order valence-corrected chi connectivity index (χ3v) is 6.05. The number of carbonyl (C=O) groups excluding carboxylic acids is 1. The third-order valence-electron chi connectivity index (χ3n) is 6.05. The molecule has 2 saturated heterocycles. The van der Waals surface area contributed by atoms with E-state index in [0.29, 0.717) is 12.1 Å². The van der Waals surface area contributed by atoms with E-state index in [-0.39, 0.29) is 18.1 Å². The van der Waals surface area contributed by atoms with Gasteiger partial charge in [0.25, 0.3) is 0 Å². The van der Waals surface area contributed by atoms with E-state index in [1.54, 1.807) is 0 Å². The Kier molecular flexibility index (Phi) is 4.20. The van der Waals surface area contributed by atoms with Crippen LogP contribution in [-0.4, -0.2) is 36.1 Å². The number of furan rings is 1. The van der Waals surface area contributed by atoms with Crippen LogP contribution in [0.2, 0.25) is 0 Å². The molecule has 25 heavy (non-hydrogen) atoms. The van der Waals surface area contributed by atoms with Crippen LogP contribution in [0.15, 0.2) is 28.7 Å². The number of nitrogens with zero attached hydrogens (tertiary/aromatic N) is 1. The predicted octanol–water partition coefficient (Wildman–Crippen LogP) is 3.73. The highest BCUT2D eigenvalue weighted by Crippen LogP contribution is 2.34. The first-order valence-electron chi connectivity index (χ1n) is 9.30. The Labute approximate surface area is 148 Å². The molecule has 0 saturated carbocycles. The highest BCUT2D eigenvalue weighted by Gasteiger charge is 2.38. The quantitative estimate of drug-likeness (QED) is 0.894. The maximum atomic E-state index is 12.5. The first-order chi connectivity index (χ1) is 12.0. The molecule has 2 N–H and O–H groups in total. The Hall–Kier alpha value is -2.01. The predicted molar refractivity (Wildman–Crippen MR) is 98.6 cm³/mol. The van der Waals surface area contributed by atoms with Crippen LogP contribution < -0.4 is 10.6 Å². The summed E-state index contributed by atoms with van der Waals surface area (Å²) in [6.07, 6.45) is 4.63. The number of hydrogen-bond acceptors (Lipinski definition) is 3. The van der Waals surface area contributed by atoms with Gasteiger partial charge in [-0.05, 0) is 52.6 Å². The van der Waals surface area contributed by atoms with E-state index >= 15 is 0 Å². The van der Waals surface area contributed by atoms with Crippen molar-refractivity contribution < 1.29 is 9.21 Å². The Morgan fingerprint density at radius 3 is 2.60 bits per heavy atom. The van der Waals surface area contributed by atoms with Crippen molar-refractivity contribution in [1.82, 2.24) is 15.5 Å². The number of nitrogens with one attached hydrogen (secondary N) is 2. The van der Waals surface area contributed by atoms with E-state index in [1.165, 1.54) is 12.8 Å². The summed E-state index contributed by atoms with van der Waals surface area (Å²) in [4.78, 5) is 14.9. The van der Waals surface area contributed by atoms with E-state index in [9.17, 15) is 4.79 Å². The second-order valence-corrected chi connectivity index (χ2v) is 7.65. The van der Waals surface area contributed by atoms with Gasteiger partial charge in [0.1, 0.15) is 11.3 Å². The Morgan fingerprint density at radius 1 is 1.24 bits per heavy atom. The zero-order valence-electron chi connectivity index (χ0n) is 15.2. The average molecular weight is 341 g/mol. The van der Waals surface area contributed by atoms with Crippen LogP contribution in [0.25, 0.3) is 11.0 Å². The van der Waals surface area contributed by atoms with Crippen molar-refractivity contribution in [2.75, 3.05) is 7.05 Å². The number of fused-ring (bicyclic) bond motifs is 3. The van der Waals surface area contributed by atoms with Gasteiger partial charge in [0, 0.05) is 29.1 Å². The fraction of sp³-hybridized carbons (Fsp3) is 0.550. The highest BCUT2D eigenvalue weighted by molar-refractivity contribution is 5.82. The van der Waals surface area contributed by atoms with Crippen LogP contribution >= 0.6 is 0 Å². The SMILES string of the molecule is Cc1c([C@H](C)NC(=O)NC2CC3CCC(C2)N3C)oc2ccccc12. The molecule has 1 aromatic heterocycles. The first kappa shape index (κ1) is 16.5. The highest BCUT2D eigenvalue weighted by atomic mass is 16.3. The summed E-state index contributed by atoms with van der Waals surface area (Å²) in [5, 5.41) is 7.33. The molecule has 0 aliphatic carbocycles. The number of urea groups is 1. The molecular formula is C20H27N3O2. The number of rotatable bonds is 3. The minimum absolute atomic E-state index is 0.0960. The van der Waals surface area contributed by atoms with Crippen molar-refractivity contribution in [1.29, 1.82) is 0 Å². The summed E-state index contributed by atoms with van der Waals surface area (Å²) in [6.45, 7) is 4.02. The normalized spacial score (nSPS) is 27.4. The van der Waals surface area contributed by atoms with Crippen LogP contribution in [0.4, 0.5) is 4.79 Å². The van der Waals surface area contributed by atoms with Crippen LogP contribution in [0.1, 0.15) is 50.0 Å². The molecule has 3 atom stereocenters. The number of hydrogen-bond donors (Lipinski definition) is 2. The molecule has 2 bridgehead atoms. The van der Waals surface area contributed by atoms with Crippen LogP contribution in [0.5, 0.6) is 0 Å². The average Bonchev–Trinajstić information content (AvgIpc) is 3.00. The van der Waals surface area contributed by atoms with E-state index < -0.39 is 0 Å². The molecule has 4 rings (SSSR count). The molecule has 1 aromatic carbocycles. The van der Waals surface area contributed by atoms with Crippen molar-refractivity contribution in [3.8, 4) is 0 Å². The molecule has 2 fully saturated rings. The lowest BCUT2D eigenvalue weighted by Gasteiger charge is -2.36. The van der Waals surface area contributed by atoms with E-state index in [0.717, 1.165) is 35.1 Å². The topological polar surface area (TPSA) is 57.5 Å². The van der Waals surface area contributed by atoms with Gasteiger partial charge >= 0.3 is 6.03 Å². The smallest absolute Gasteiger partial charge is 0.315 e. The van der Waals surface area contributed by atoms with Crippen LogP contribution in [-0.2, 0) is 0 Å². The Bertz CT molecular complexity index is 770. The summed E-state index contributed by atoms with van der Waals surface area (Å²) in [7, 11) is 2.21. The minimum atomic E-state index is -0.157. The molecule has 3 heterocycles. The zero-order chi connectivity index (χ0) is 17.6. The minimum Gasteiger partial charge on any atom is -0.459 e. The monoisotopic (exact) mass is 341 g/mol. The van der Waals surface area contributed by atoms with Crippen LogP contribution in [0.3, 0.4) is 0 Å². The molecule has 2 aromatic rings. The lowest BCUT2D eigenvalue weighted by molar-refractivity contribution is 0.149. The fourth-order valence-electron chi connectivity index (χ4n) is 4.62. The second-order valence-electron chi connectivity index (χ2n) is 7.65. The van der Waals surface area contributed by atoms with Gasteiger partial charge in [-0.25, -0.2) is 4.79 Å². The van der Waals surface area contributed by atoms with Gasteiger partial charge in [0.2, 0.25) is 0 Å². The van der Waals surface area contributed by atoms with Gasteiger partial charge in [-0.1, -0.05) is 18.2 Å². The third kappa shape index (κ3) is 3.01. The molecule has 134 valence electrons. The molecule has 2 aliphatic rings. The van der Waals surface area contributed by atoms with Crippen molar-refractivity contribution in [2.24, 2.45) is 0 Å². The number of benzene rings is 1. The Morgan fingerprint density at radius 2 is 1.92 bits per heavy atom. The van der Waals surface area contributed by atoms with E-state index in [4.69, 9.17) is 4.42 Å². The molecule has 5 nitrogen and oxygen atoms in total. The van der Waals surface area contributed by atoms with Crippen molar-refractivity contribution >= 4 is 17.0 Å². The molecule has 2 amide bonds. The van der Waals surface area contributed by atoms with E-state index in [1.807, 2.05) is 32.0 Å². The largest absolute Gasteiger partial charge is 0.459 e. The van der Waals surface area contributed by atoms with Crippen molar-refractivity contribution in [3.63, 3.8) is 0 Å². The van der Waals surface area contributed by atoms with Crippen molar-refractivity contribution in [2.45, 2.75) is 63.7 Å². The lowest BCUT2D eigenvalue weighted by Crippen LogP contribution is -2.51. The van der Waals surface area contributed by atoms with Gasteiger partial charge in [-0.15, -0.1) is 0 Å². The number of amides is 2. The molecule has 0 spiro atoms. The number of carbonyl (C=O) groups is 1. The molecule has 2 unspecified atom stereocenters. The number of aryl methyl sites for hydroxylation is 1. The molecular weight excluding hydrogens is 314 g/mol. The van der Waals surface area contributed by atoms with Crippen molar-refractivity contribution in [3.05, 3.63) is 35.6 Å².